The van der Waals surface area contributed by atoms with Crippen LogP contribution in [0.3, 0.4) is 0 Å². The number of benzene rings is 1. The molecule has 3 N–H and O–H groups in total. The van der Waals surface area contributed by atoms with Crippen molar-refractivity contribution in [2.45, 2.75) is 0 Å². The highest BCUT2D eigenvalue weighted by Gasteiger charge is 1.88. The maximum atomic E-state index is 5.34. The molecule has 3 heteroatoms. The molecule has 0 unspecified atom stereocenters. The molecular weight excluding hydrogens is 152 g/mol. The van der Waals surface area contributed by atoms with Gasteiger partial charge in [-0.3, -0.25) is 5.32 Å². The van der Waals surface area contributed by atoms with Gasteiger partial charge >= 0.3 is 0 Å². The standard InChI is InChI=1S/C9H14N2O/c10-6-7-11-8-12-9-4-2-1-3-5-9/h1-5,11H,6-8,10H2. The zero-order valence-electron chi connectivity index (χ0n) is 6.99. The highest BCUT2D eigenvalue weighted by atomic mass is 16.5. The van der Waals surface area contributed by atoms with Gasteiger partial charge in [-0.15, -0.1) is 0 Å². The first-order valence-corrected chi connectivity index (χ1v) is 4.02. The quantitative estimate of drug-likeness (QED) is 0.496. The van der Waals surface area contributed by atoms with Crippen molar-refractivity contribution in [3.05, 3.63) is 30.3 Å². The molecule has 0 heterocycles. The molecule has 0 aliphatic rings. The minimum absolute atomic E-state index is 0.515. The van der Waals surface area contributed by atoms with Gasteiger partial charge in [0.1, 0.15) is 12.5 Å². The molecule has 0 spiro atoms. The number of para-hydroxylation sites is 1. The van der Waals surface area contributed by atoms with E-state index in [2.05, 4.69) is 5.32 Å². The Labute approximate surface area is 72.5 Å². The van der Waals surface area contributed by atoms with Crippen molar-refractivity contribution < 1.29 is 4.74 Å². The van der Waals surface area contributed by atoms with Crippen LogP contribution in [0.1, 0.15) is 0 Å². The Balaban J connectivity index is 2.16. The molecule has 0 bridgehead atoms. The van der Waals surface area contributed by atoms with E-state index in [1.165, 1.54) is 0 Å². The lowest BCUT2D eigenvalue weighted by Gasteiger charge is -2.05. The third-order valence-electron chi connectivity index (χ3n) is 1.41. The molecule has 3 nitrogen and oxygen atoms in total. The van der Waals surface area contributed by atoms with E-state index < -0.39 is 0 Å². The number of ether oxygens (including phenoxy) is 1. The summed E-state index contributed by atoms with van der Waals surface area (Å²) in [6.07, 6.45) is 0. The van der Waals surface area contributed by atoms with E-state index in [-0.39, 0.29) is 0 Å². The molecular formula is C9H14N2O. The fourth-order valence-electron chi connectivity index (χ4n) is 0.825. The molecule has 0 saturated carbocycles. The van der Waals surface area contributed by atoms with E-state index in [4.69, 9.17) is 10.5 Å². The van der Waals surface area contributed by atoms with Crippen LogP contribution in [0.15, 0.2) is 30.3 Å². The van der Waals surface area contributed by atoms with Crippen LogP contribution < -0.4 is 15.8 Å². The summed E-state index contributed by atoms with van der Waals surface area (Å²) in [4.78, 5) is 0. The van der Waals surface area contributed by atoms with Gasteiger partial charge < -0.3 is 10.5 Å². The summed E-state index contributed by atoms with van der Waals surface area (Å²) in [5.74, 6) is 0.877. The van der Waals surface area contributed by atoms with E-state index in [1.54, 1.807) is 0 Å². The van der Waals surface area contributed by atoms with Crippen molar-refractivity contribution in [3.8, 4) is 5.75 Å². The summed E-state index contributed by atoms with van der Waals surface area (Å²) in [5.41, 5.74) is 5.29. The number of nitrogens with two attached hydrogens (primary N) is 1. The zero-order chi connectivity index (χ0) is 8.65. The van der Waals surface area contributed by atoms with Crippen LogP contribution in [0.25, 0.3) is 0 Å². The Morgan fingerprint density at radius 1 is 1.25 bits per heavy atom. The van der Waals surface area contributed by atoms with Crippen LogP contribution in [0, 0.1) is 0 Å². The second-order valence-electron chi connectivity index (χ2n) is 2.39. The predicted molar refractivity (Wildman–Crippen MR) is 49.0 cm³/mol. The Hall–Kier alpha value is -1.06. The van der Waals surface area contributed by atoms with Gasteiger partial charge in [0.2, 0.25) is 0 Å². The molecule has 0 aliphatic heterocycles. The van der Waals surface area contributed by atoms with Crippen molar-refractivity contribution in [1.29, 1.82) is 0 Å². The number of nitrogens with one attached hydrogen (secondary N) is 1. The Morgan fingerprint density at radius 3 is 2.67 bits per heavy atom. The molecule has 0 radical (unpaired) electrons. The molecule has 0 saturated heterocycles. The molecule has 0 aromatic heterocycles. The second kappa shape index (κ2) is 5.57. The van der Waals surface area contributed by atoms with Gasteiger partial charge in [0.05, 0.1) is 0 Å². The first-order valence-electron chi connectivity index (χ1n) is 4.02. The first-order chi connectivity index (χ1) is 5.93. The third kappa shape index (κ3) is 3.37. The van der Waals surface area contributed by atoms with E-state index >= 15 is 0 Å². The molecule has 1 rings (SSSR count). The van der Waals surface area contributed by atoms with E-state index in [9.17, 15) is 0 Å². The highest BCUT2D eigenvalue weighted by Crippen LogP contribution is 2.06. The van der Waals surface area contributed by atoms with Crippen molar-refractivity contribution in [2.24, 2.45) is 5.73 Å². The Bertz CT molecular complexity index is 201. The lowest BCUT2D eigenvalue weighted by atomic mass is 10.3. The van der Waals surface area contributed by atoms with Crippen LogP contribution in [0.4, 0.5) is 0 Å². The molecule has 0 fully saturated rings. The number of hydrogen-bond acceptors (Lipinski definition) is 3. The Kier molecular flexibility index (Phi) is 4.19. The van der Waals surface area contributed by atoms with Gasteiger partial charge in [0.15, 0.2) is 0 Å². The fourth-order valence-corrected chi connectivity index (χ4v) is 0.825. The fraction of sp³-hybridized carbons (Fsp3) is 0.333. The van der Waals surface area contributed by atoms with Crippen LogP contribution in [-0.2, 0) is 0 Å². The summed E-state index contributed by atoms with van der Waals surface area (Å²) >= 11 is 0. The van der Waals surface area contributed by atoms with Crippen molar-refractivity contribution in [1.82, 2.24) is 5.32 Å². The third-order valence-corrected chi connectivity index (χ3v) is 1.41. The second-order valence-corrected chi connectivity index (χ2v) is 2.39. The largest absolute Gasteiger partial charge is 0.478 e. The lowest BCUT2D eigenvalue weighted by Crippen LogP contribution is -2.26. The molecule has 1 aromatic rings. The monoisotopic (exact) mass is 166 g/mol. The van der Waals surface area contributed by atoms with Gasteiger partial charge in [-0.05, 0) is 12.1 Å². The maximum Gasteiger partial charge on any atom is 0.139 e. The van der Waals surface area contributed by atoms with E-state index in [1.807, 2.05) is 30.3 Å². The van der Waals surface area contributed by atoms with Crippen molar-refractivity contribution in [3.63, 3.8) is 0 Å². The SMILES string of the molecule is NCCNCOc1ccccc1. The summed E-state index contributed by atoms with van der Waals surface area (Å²) < 4.78 is 5.34. The van der Waals surface area contributed by atoms with Crippen molar-refractivity contribution in [2.75, 3.05) is 19.8 Å². The van der Waals surface area contributed by atoms with Gasteiger partial charge in [0.25, 0.3) is 0 Å². The average molecular weight is 166 g/mol. The summed E-state index contributed by atoms with van der Waals surface area (Å²) in [6.45, 7) is 1.94. The lowest BCUT2D eigenvalue weighted by molar-refractivity contribution is 0.286. The normalized spacial score (nSPS) is 9.75. The number of rotatable bonds is 5. The van der Waals surface area contributed by atoms with Crippen LogP contribution in [0.5, 0.6) is 5.75 Å². The molecule has 12 heavy (non-hydrogen) atoms. The van der Waals surface area contributed by atoms with Gasteiger partial charge in [-0.25, -0.2) is 0 Å². The summed E-state index contributed by atoms with van der Waals surface area (Å²) in [7, 11) is 0. The smallest absolute Gasteiger partial charge is 0.139 e. The Morgan fingerprint density at radius 2 is 2.00 bits per heavy atom. The van der Waals surface area contributed by atoms with Crippen molar-refractivity contribution >= 4 is 0 Å². The van der Waals surface area contributed by atoms with E-state index in [0.29, 0.717) is 13.3 Å². The molecule has 1 aromatic carbocycles. The van der Waals surface area contributed by atoms with E-state index in [0.717, 1.165) is 12.3 Å². The molecule has 66 valence electrons. The topological polar surface area (TPSA) is 47.3 Å². The van der Waals surface area contributed by atoms with Crippen LogP contribution in [-0.4, -0.2) is 19.8 Å². The van der Waals surface area contributed by atoms with Gasteiger partial charge in [-0.2, -0.15) is 0 Å². The van der Waals surface area contributed by atoms with Gasteiger partial charge in [0, 0.05) is 13.1 Å². The predicted octanol–water partition coefficient (Wildman–Crippen LogP) is 0.571. The molecule has 0 aliphatic carbocycles. The van der Waals surface area contributed by atoms with Crippen LogP contribution >= 0.6 is 0 Å². The highest BCUT2D eigenvalue weighted by molar-refractivity contribution is 5.20. The average Bonchev–Trinajstić information content (AvgIpc) is 2.14. The van der Waals surface area contributed by atoms with Gasteiger partial charge in [-0.1, -0.05) is 18.2 Å². The number of hydrogen-bond donors (Lipinski definition) is 2. The zero-order valence-corrected chi connectivity index (χ0v) is 6.99. The van der Waals surface area contributed by atoms with Crippen LogP contribution in [0.2, 0.25) is 0 Å². The molecule has 0 atom stereocenters. The first kappa shape index (κ1) is 9.03. The minimum Gasteiger partial charge on any atom is -0.478 e. The molecule has 0 amide bonds. The summed E-state index contributed by atoms with van der Waals surface area (Å²) in [6, 6.07) is 9.69. The minimum atomic E-state index is 0.515. The summed E-state index contributed by atoms with van der Waals surface area (Å²) in [5, 5.41) is 3.04. The maximum absolute atomic E-state index is 5.34.